The molecule has 2 aromatic rings. The molecular formula is C18H18NO6S-. The molecule has 0 fully saturated rings. The van der Waals surface area contributed by atoms with E-state index in [2.05, 4.69) is 4.72 Å². The Morgan fingerprint density at radius 3 is 2.35 bits per heavy atom. The Kier molecular flexibility index (Phi) is 6.35. The van der Waals surface area contributed by atoms with Crippen LogP contribution in [0, 0.1) is 0 Å². The van der Waals surface area contributed by atoms with Crippen LogP contribution in [0.4, 0.5) is 5.69 Å². The molecule has 0 aromatic heterocycles. The molecule has 0 aliphatic heterocycles. The summed E-state index contributed by atoms with van der Waals surface area (Å²) in [6.45, 7) is 1.83. The lowest BCUT2D eigenvalue weighted by molar-refractivity contribution is -0.305. The first-order valence-corrected chi connectivity index (χ1v) is 9.39. The Bertz CT molecular complexity index is 890. The first kappa shape index (κ1) is 19.5. The van der Waals surface area contributed by atoms with Crippen LogP contribution in [0.3, 0.4) is 0 Å². The second-order valence-electron chi connectivity index (χ2n) is 5.39. The van der Waals surface area contributed by atoms with Gasteiger partial charge in [0.25, 0.3) is 10.0 Å². The van der Waals surface area contributed by atoms with Crippen molar-refractivity contribution in [1.29, 1.82) is 0 Å². The minimum atomic E-state index is -3.92. The van der Waals surface area contributed by atoms with E-state index in [0.717, 1.165) is 0 Å². The molecule has 26 heavy (non-hydrogen) atoms. The van der Waals surface area contributed by atoms with Crippen molar-refractivity contribution in [2.24, 2.45) is 0 Å². The number of rotatable bonds is 8. The molecule has 0 bridgehead atoms. The Morgan fingerprint density at radius 2 is 1.73 bits per heavy atom. The smallest absolute Gasteiger partial charge is 0.340 e. The topological polar surface area (TPSA) is 113 Å². The lowest BCUT2D eigenvalue weighted by atomic mass is 10.1. The summed E-state index contributed by atoms with van der Waals surface area (Å²) >= 11 is 0. The van der Waals surface area contributed by atoms with E-state index in [0.29, 0.717) is 5.56 Å². The van der Waals surface area contributed by atoms with Gasteiger partial charge in [-0.3, -0.25) is 4.72 Å². The lowest BCUT2D eigenvalue weighted by Gasteiger charge is -2.12. The first-order chi connectivity index (χ1) is 12.3. The quantitative estimate of drug-likeness (QED) is 0.696. The molecular weight excluding hydrogens is 358 g/mol. The van der Waals surface area contributed by atoms with Crippen LogP contribution in [0.1, 0.15) is 29.3 Å². The van der Waals surface area contributed by atoms with Gasteiger partial charge in [-0.2, -0.15) is 0 Å². The molecule has 0 radical (unpaired) electrons. The molecule has 0 saturated heterocycles. The van der Waals surface area contributed by atoms with E-state index in [4.69, 9.17) is 4.74 Å². The fraction of sp³-hybridized carbons (Fsp3) is 0.222. The maximum atomic E-state index is 12.5. The molecule has 2 aromatic carbocycles. The van der Waals surface area contributed by atoms with E-state index in [9.17, 15) is 23.1 Å². The van der Waals surface area contributed by atoms with Gasteiger partial charge in [0.1, 0.15) is 0 Å². The average Bonchev–Trinajstić information content (AvgIpc) is 2.60. The van der Waals surface area contributed by atoms with E-state index in [-0.39, 0.29) is 35.6 Å². The number of sulfonamides is 1. The van der Waals surface area contributed by atoms with Crippen LogP contribution in [0.25, 0.3) is 0 Å². The third-order valence-corrected chi connectivity index (χ3v) is 4.90. The zero-order valence-corrected chi connectivity index (χ0v) is 14.9. The van der Waals surface area contributed by atoms with Gasteiger partial charge in [0.15, 0.2) is 0 Å². The molecule has 0 heterocycles. The number of aliphatic carboxylic acids is 1. The number of anilines is 1. The zero-order chi connectivity index (χ0) is 19.2. The summed E-state index contributed by atoms with van der Waals surface area (Å²) in [5.41, 5.74) is 0.913. The van der Waals surface area contributed by atoms with Gasteiger partial charge in [0.05, 0.1) is 22.8 Å². The minimum Gasteiger partial charge on any atom is -0.550 e. The molecule has 0 amide bonds. The Balaban J connectivity index is 2.21. The Labute approximate surface area is 151 Å². The highest BCUT2D eigenvalue weighted by molar-refractivity contribution is 7.92. The molecule has 7 nitrogen and oxygen atoms in total. The number of carbonyl (C=O) groups is 2. The largest absolute Gasteiger partial charge is 0.550 e. The van der Waals surface area contributed by atoms with Crippen LogP contribution in [0.5, 0.6) is 0 Å². The summed E-state index contributed by atoms with van der Waals surface area (Å²) in [6.07, 6.45) is 0.110. The number of hydrogen-bond donors (Lipinski definition) is 1. The number of nitrogens with one attached hydrogen (secondary N) is 1. The second-order valence-corrected chi connectivity index (χ2v) is 7.07. The molecule has 138 valence electrons. The SMILES string of the molecule is CCOC(=O)c1ccccc1NS(=O)(=O)c1ccc(CCC(=O)[O-])cc1. The minimum absolute atomic E-state index is 0.00615. The number of carbonyl (C=O) groups excluding carboxylic acids is 2. The van der Waals surface area contributed by atoms with Crippen molar-refractivity contribution in [3.8, 4) is 0 Å². The van der Waals surface area contributed by atoms with Crippen molar-refractivity contribution < 1.29 is 27.9 Å². The molecule has 0 aliphatic carbocycles. The van der Waals surface area contributed by atoms with Crippen molar-refractivity contribution in [3.05, 3.63) is 59.7 Å². The number of carboxylic acid groups (broad SMARTS) is 1. The number of carboxylic acids is 1. The van der Waals surface area contributed by atoms with Crippen LogP contribution in [-0.2, 0) is 26.0 Å². The van der Waals surface area contributed by atoms with Crippen LogP contribution in [0.15, 0.2) is 53.4 Å². The van der Waals surface area contributed by atoms with Crippen LogP contribution in [-0.4, -0.2) is 27.0 Å². The maximum Gasteiger partial charge on any atom is 0.340 e. The number of esters is 1. The van der Waals surface area contributed by atoms with Crippen LogP contribution >= 0.6 is 0 Å². The summed E-state index contributed by atoms with van der Waals surface area (Å²) in [6, 6.07) is 12.0. The van der Waals surface area contributed by atoms with E-state index in [1.807, 2.05) is 0 Å². The first-order valence-electron chi connectivity index (χ1n) is 7.91. The standard InChI is InChI=1S/C18H19NO6S/c1-2-25-18(22)15-5-3-4-6-16(15)19-26(23,24)14-10-7-13(8-11-14)9-12-17(20)21/h3-8,10-11,19H,2,9,12H2,1H3,(H,20,21)/p-1. The predicted molar refractivity (Wildman–Crippen MR) is 93.0 cm³/mol. The molecule has 1 N–H and O–H groups in total. The number of benzene rings is 2. The van der Waals surface area contributed by atoms with Gasteiger partial charge in [-0.15, -0.1) is 0 Å². The molecule has 8 heteroatoms. The van der Waals surface area contributed by atoms with Crippen molar-refractivity contribution in [2.45, 2.75) is 24.7 Å². The Morgan fingerprint density at radius 1 is 1.08 bits per heavy atom. The molecule has 0 unspecified atom stereocenters. The fourth-order valence-corrected chi connectivity index (χ4v) is 3.32. The monoisotopic (exact) mass is 376 g/mol. The summed E-state index contributed by atoms with van der Waals surface area (Å²) in [4.78, 5) is 22.4. The summed E-state index contributed by atoms with van der Waals surface area (Å²) in [5, 5.41) is 10.5. The van der Waals surface area contributed by atoms with Gasteiger partial charge in [0, 0.05) is 5.97 Å². The number of para-hydroxylation sites is 1. The van der Waals surface area contributed by atoms with E-state index in [1.54, 1.807) is 19.1 Å². The van der Waals surface area contributed by atoms with Gasteiger partial charge < -0.3 is 14.6 Å². The molecule has 0 saturated carbocycles. The summed E-state index contributed by atoms with van der Waals surface area (Å²) in [5.74, 6) is -1.79. The fourth-order valence-electron chi connectivity index (χ4n) is 2.24. The van der Waals surface area contributed by atoms with Gasteiger partial charge in [-0.05, 0) is 49.6 Å². The number of ether oxygens (including phenoxy) is 1. The van der Waals surface area contributed by atoms with E-state index >= 15 is 0 Å². The highest BCUT2D eigenvalue weighted by Gasteiger charge is 2.19. The molecule has 0 atom stereocenters. The van der Waals surface area contributed by atoms with Crippen molar-refractivity contribution in [3.63, 3.8) is 0 Å². The maximum absolute atomic E-state index is 12.5. The van der Waals surface area contributed by atoms with Gasteiger partial charge in [0.2, 0.25) is 0 Å². The molecule has 0 spiro atoms. The van der Waals surface area contributed by atoms with Crippen molar-refractivity contribution in [1.82, 2.24) is 0 Å². The lowest BCUT2D eigenvalue weighted by Crippen LogP contribution is -2.22. The molecule has 0 aliphatic rings. The second kappa shape index (κ2) is 8.48. The zero-order valence-electron chi connectivity index (χ0n) is 14.1. The normalized spacial score (nSPS) is 11.0. The molecule has 2 rings (SSSR count). The third-order valence-electron chi connectivity index (χ3n) is 3.52. The summed E-state index contributed by atoms with van der Waals surface area (Å²) < 4.78 is 32.4. The van der Waals surface area contributed by atoms with Gasteiger partial charge >= 0.3 is 5.97 Å². The summed E-state index contributed by atoms with van der Waals surface area (Å²) in [7, 11) is -3.92. The third kappa shape index (κ3) is 5.06. The van der Waals surface area contributed by atoms with E-state index in [1.165, 1.54) is 36.4 Å². The van der Waals surface area contributed by atoms with Crippen LogP contribution in [0.2, 0.25) is 0 Å². The van der Waals surface area contributed by atoms with Crippen molar-refractivity contribution >= 4 is 27.6 Å². The van der Waals surface area contributed by atoms with Crippen LogP contribution < -0.4 is 9.83 Å². The number of hydrogen-bond acceptors (Lipinski definition) is 6. The van der Waals surface area contributed by atoms with Gasteiger partial charge in [-0.1, -0.05) is 24.3 Å². The highest BCUT2D eigenvalue weighted by atomic mass is 32.2. The predicted octanol–water partition coefficient (Wildman–Crippen LogP) is 1.35. The van der Waals surface area contributed by atoms with Gasteiger partial charge in [-0.25, -0.2) is 13.2 Å². The highest BCUT2D eigenvalue weighted by Crippen LogP contribution is 2.21. The number of aryl methyl sites for hydroxylation is 1. The van der Waals surface area contributed by atoms with Crippen molar-refractivity contribution in [2.75, 3.05) is 11.3 Å². The Hall–Kier alpha value is -2.87. The average molecular weight is 376 g/mol. The van der Waals surface area contributed by atoms with E-state index < -0.39 is 22.0 Å².